The van der Waals surface area contributed by atoms with Gasteiger partial charge in [0, 0.05) is 5.92 Å². The molecular weight excluding hydrogens is 688 g/mol. The number of hydrogen-bond acceptors (Lipinski definition) is 13. The van der Waals surface area contributed by atoms with Crippen molar-refractivity contribution in [3.63, 3.8) is 0 Å². The topological polar surface area (TPSA) is 216 Å². The molecule has 7 rings (SSSR count). The van der Waals surface area contributed by atoms with Gasteiger partial charge >= 0.3 is 5.97 Å². The zero-order chi connectivity index (χ0) is 38.8. The molecule has 0 spiro atoms. The van der Waals surface area contributed by atoms with Crippen LogP contribution in [0.15, 0.2) is 11.6 Å². The fourth-order valence-corrected chi connectivity index (χ4v) is 13.0. The normalized spacial score (nSPS) is 54.7. The molecule has 6 fully saturated rings. The summed E-state index contributed by atoms with van der Waals surface area (Å²) < 4.78 is 23.2. The highest BCUT2D eigenvalue weighted by atomic mass is 16.8. The molecule has 8 N–H and O–H groups in total. The van der Waals surface area contributed by atoms with E-state index in [0.29, 0.717) is 31.6 Å². The van der Waals surface area contributed by atoms with Gasteiger partial charge in [0.25, 0.3) is 0 Å². The van der Waals surface area contributed by atoms with Gasteiger partial charge in [-0.15, -0.1) is 0 Å². The van der Waals surface area contributed by atoms with Gasteiger partial charge in [0.15, 0.2) is 12.6 Å². The number of carbonyl (C=O) groups excluding carboxylic acids is 1. The van der Waals surface area contributed by atoms with E-state index in [1.54, 1.807) is 0 Å². The molecule has 0 radical (unpaired) electrons. The maximum absolute atomic E-state index is 14.5. The average molecular weight is 753 g/mol. The third-order valence-electron chi connectivity index (χ3n) is 16.7. The van der Waals surface area contributed by atoms with E-state index in [0.717, 1.165) is 37.7 Å². The standard InChI is InChI=1S/C40H64O13/c1-35(2)14-16-40(34(49)53-33-29(46)26(43)27(44)31(48)52-33)17-15-38(6)19(24(40)30(35)47)8-9-22-37(5)12-11-23(36(3,4)21(37)10-13-39(22,38)7)51-32-28(45)25(42)20(41)18-50-32/h8,20-33,41-48H,9-18H2,1-7H3. The fraction of sp³-hybridized carbons (Fsp3) is 0.925. The summed E-state index contributed by atoms with van der Waals surface area (Å²) in [6, 6.07) is 0. The highest BCUT2D eigenvalue weighted by molar-refractivity contribution is 5.79. The zero-order valence-electron chi connectivity index (χ0n) is 32.4. The van der Waals surface area contributed by atoms with Gasteiger partial charge in [-0.05, 0) is 96.7 Å². The van der Waals surface area contributed by atoms with E-state index in [2.05, 4.69) is 40.7 Å². The molecule has 53 heavy (non-hydrogen) atoms. The molecule has 0 aromatic carbocycles. The largest absolute Gasteiger partial charge is 0.432 e. The lowest BCUT2D eigenvalue weighted by molar-refractivity contribution is -0.335. The number of aliphatic hydroxyl groups excluding tert-OH is 8. The summed E-state index contributed by atoms with van der Waals surface area (Å²) >= 11 is 0. The molecule has 7 aliphatic rings. The number of aliphatic hydroxyl groups is 8. The van der Waals surface area contributed by atoms with Crippen LogP contribution in [0.5, 0.6) is 0 Å². The van der Waals surface area contributed by atoms with Crippen LogP contribution in [0.25, 0.3) is 0 Å². The van der Waals surface area contributed by atoms with Crippen LogP contribution in [0, 0.1) is 50.2 Å². The van der Waals surface area contributed by atoms with Crippen molar-refractivity contribution in [3.8, 4) is 0 Å². The predicted molar refractivity (Wildman–Crippen MR) is 188 cm³/mol. The van der Waals surface area contributed by atoms with Crippen LogP contribution in [0.2, 0.25) is 0 Å². The number of hydrogen-bond donors (Lipinski definition) is 8. The van der Waals surface area contributed by atoms with Crippen molar-refractivity contribution in [1.82, 2.24) is 0 Å². The molecular formula is C40H64O13. The lowest BCUT2D eigenvalue weighted by atomic mass is 9.33. The number of ether oxygens (including phenoxy) is 4. The maximum atomic E-state index is 14.5. The average Bonchev–Trinajstić information content (AvgIpc) is 3.09. The van der Waals surface area contributed by atoms with Crippen molar-refractivity contribution >= 4 is 5.97 Å². The molecule has 18 unspecified atom stereocenters. The summed E-state index contributed by atoms with van der Waals surface area (Å²) in [6.45, 7) is 15.6. The Labute approximate surface area is 312 Å². The summed E-state index contributed by atoms with van der Waals surface area (Å²) in [6.07, 6.45) is -6.04. The zero-order valence-corrected chi connectivity index (χ0v) is 32.4. The van der Waals surface area contributed by atoms with Gasteiger partial charge in [0.05, 0.1) is 24.2 Å². The Balaban J connectivity index is 1.18. The molecule has 2 saturated heterocycles. The monoisotopic (exact) mass is 752 g/mol. The van der Waals surface area contributed by atoms with Crippen molar-refractivity contribution < 1.29 is 64.6 Å². The Hall–Kier alpha value is -1.23. The second kappa shape index (κ2) is 13.2. The van der Waals surface area contributed by atoms with E-state index in [1.807, 2.05) is 13.8 Å². The highest BCUT2D eigenvalue weighted by Crippen LogP contribution is 2.76. The van der Waals surface area contributed by atoms with Crippen LogP contribution in [0.3, 0.4) is 0 Å². The van der Waals surface area contributed by atoms with Crippen LogP contribution in [0.4, 0.5) is 0 Å². The highest BCUT2D eigenvalue weighted by Gasteiger charge is 2.71. The van der Waals surface area contributed by atoms with Crippen molar-refractivity contribution in [2.24, 2.45) is 50.2 Å². The van der Waals surface area contributed by atoms with Gasteiger partial charge < -0.3 is 59.8 Å². The Bertz CT molecular complexity index is 1450. The van der Waals surface area contributed by atoms with Gasteiger partial charge in [0.1, 0.15) is 36.6 Å². The minimum atomic E-state index is -1.85. The predicted octanol–water partition coefficient (Wildman–Crippen LogP) is 1.88. The molecule has 2 heterocycles. The molecule has 4 saturated carbocycles. The smallest absolute Gasteiger partial charge is 0.315 e. The first-order valence-corrected chi connectivity index (χ1v) is 19.9. The van der Waals surface area contributed by atoms with Crippen LogP contribution in [0.1, 0.15) is 106 Å². The van der Waals surface area contributed by atoms with Crippen LogP contribution < -0.4 is 0 Å². The minimum Gasteiger partial charge on any atom is -0.432 e. The van der Waals surface area contributed by atoms with Crippen molar-refractivity contribution in [2.45, 2.75) is 174 Å². The van der Waals surface area contributed by atoms with E-state index < -0.39 is 84.3 Å². The first-order chi connectivity index (χ1) is 24.6. The van der Waals surface area contributed by atoms with Gasteiger partial charge in [-0.2, -0.15) is 0 Å². The lowest BCUT2D eigenvalue weighted by Gasteiger charge is -2.71. The second-order valence-corrected chi connectivity index (χ2v) is 19.9. The second-order valence-electron chi connectivity index (χ2n) is 19.9. The first kappa shape index (κ1) is 40.0. The summed E-state index contributed by atoms with van der Waals surface area (Å²) in [5.74, 6) is -0.621. The number of rotatable bonds is 4. The Morgan fingerprint density at radius 3 is 2.09 bits per heavy atom. The molecule has 18 atom stereocenters. The summed E-state index contributed by atoms with van der Waals surface area (Å²) in [5, 5.41) is 84.3. The van der Waals surface area contributed by atoms with E-state index in [-0.39, 0.29) is 40.3 Å². The van der Waals surface area contributed by atoms with E-state index in [1.165, 1.54) is 0 Å². The number of fused-ring (bicyclic) bond motifs is 7. The van der Waals surface area contributed by atoms with Crippen molar-refractivity contribution in [2.75, 3.05) is 6.61 Å². The van der Waals surface area contributed by atoms with Gasteiger partial charge in [-0.25, -0.2) is 0 Å². The molecule has 13 heteroatoms. The van der Waals surface area contributed by atoms with E-state index >= 15 is 0 Å². The number of allylic oxidation sites excluding steroid dienone is 1. The first-order valence-electron chi connectivity index (χ1n) is 19.9. The van der Waals surface area contributed by atoms with E-state index in [4.69, 9.17) is 18.9 Å². The third kappa shape index (κ3) is 5.68. The molecule has 13 nitrogen and oxygen atoms in total. The Morgan fingerprint density at radius 2 is 1.40 bits per heavy atom. The SMILES string of the molecule is CC1(C)CCC2(C(=O)OC3OC(O)C(O)C(O)C3O)CCC3(C)C(=CCC4C5(C)CCC(OC6OCC(O)C(O)C6O)C(C)(C)C5CCC43C)C2C1O. The van der Waals surface area contributed by atoms with Crippen LogP contribution >= 0.6 is 0 Å². The van der Waals surface area contributed by atoms with Gasteiger partial charge in [-0.1, -0.05) is 60.1 Å². The van der Waals surface area contributed by atoms with Crippen LogP contribution in [-0.2, 0) is 23.7 Å². The fourth-order valence-electron chi connectivity index (χ4n) is 13.0. The Morgan fingerprint density at radius 1 is 0.736 bits per heavy atom. The molecule has 0 aromatic rings. The maximum Gasteiger partial charge on any atom is 0.315 e. The van der Waals surface area contributed by atoms with Gasteiger partial charge in [0.2, 0.25) is 6.29 Å². The molecule has 0 aromatic heterocycles. The molecule has 302 valence electrons. The minimum absolute atomic E-state index is 0.0677. The van der Waals surface area contributed by atoms with E-state index in [9.17, 15) is 45.6 Å². The number of esters is 1. The Kier molecular flexibility index (Phi) is 9.93. The molecule has 0 amide bonds. The van der Waals surface area contributed by atoms with Crippen molar-refractivity contribution in [1.29, 1.82) is 0 Å². The molecule has 2 aliphatic heterocycles. The molecule has 0 bridgehead atoms. The number of carbonyl (C=O) groups is 1. The van der Waals surface area contributed by atoms with Crippen LogP contribution in [-0.4, -0.2) is 121 Å². The van der Waals surface area contributed by atoms with Gasteiger partial charge in [-0.3, -0.25) is 4.79 Å². The summed E-state index contributed by atoms with van der Waals surface area (Å²) in [7, 11) is 0. The molecule has 5 aliphatic carbocycles. The quantitative estimate of drug-likeness (QED) is 0.117. The lowest BCUT2D eigenvalue weighted by Crippen LogP contribution is -2.67. The summed E-state index contributed by atoms with van der Waals surface area (Å²) in [4.78, 5) is 14.5. The van der Waals surface area contributed by atoms with Crippen molar-refractivity contribution in [3.05, 3.63) is 11.6 Å². The third-order valence-corrected chi connectivity index (χ3v) is 16.7. The summed E-state index contributed by atoms with van der Waals surface area (Å²) in [5.41, 5.74) is -1.39.